The zero-order valence-corrected chi connectivity index (χ0v) is 7.66. The molecule has 0 unspecified atom stereocenters. The van der Waals surface area contributed by atoms with Crippen molar-refractivity contribution in [2.75, 3.05) is 0 Å². The van der Waals surface area contributed by atoms with E-state index in [9.17, 15) is 0 Å². The maximum absolute atomic E-state index is 8.84. The van der Waals surface area contributed by atoms with E-state index in [0.29, 0.717) is 0 Å². The molecule has 68 valence electrons. The molecule has 0 fully saturated rings. The summed E-state index contributed by atoms with van der Waals surface area (Å²) in [4.78, 5) is 0. The first-order valence-electron chi connectivity index (χ1n) is 4.31. The molecule has 0 bridgehead atoms. The van der Waals surface area contributed by atoms with Gasteiger partial charge in [0.2, 0.25) is 0 Å². The van der Waals surface area contributed by atoms with Crippen LogP contribution in [-0.4, -0.2) is 5.11 Å². The molecule has 0 saturated heterocycles. The third-order valence-electron chi connectivity index (χ3n) is 1.90. The molecule has 1 N–H and O–H groups in total. The molecule has 1 aliphatic carbocycles. The molecule has 0 aliphatic heterocycles. The Bertz CT molecular complexity index is 303. The van der Waals surface area contributed by atoms with E-state index in [1.165, 1.54) is 5.57 Å². The topological polar surface area (TPSA) is 20.2 Å². The van der Waals surface area contributed by atoms with Crippen molar-refractivity contribution >= 4 is 0 Å². The predicted molar refractivity (Wildman–Crippen MR) is 56.5 cm³/mol. The SMILES string of the molecule is C=C(O)/C=C\C(=C)C1=CC=CCC1. The minimum absolute atomic E-state index is 0.0631. The lowest BCUT2D eigenvalue weighted by atomic mass is 9.98. The van der Waals surface area contributed by atoms with Crippen LogP contribution in [0.4, 0.5) is 0 Å². The molecular formula is C12H14O. The second kappa shape index (κ2) is 4.51. The van der Waals surface area contributed by atoms with Crippen LogP contribution in [0.25, 0.3) is 0 Å². The summed E-state index contributed by atoms with van der Waals surface area (Å²) in [6.07, 6.45) is 11.7. The van der Waals surface area contributed by atoms with Crippen LogP contribution in [-0.2, 0) is 0 Å². The van der Waals surface area contributed by atoms with Gasteiger partial charge in [0.05, 0.1) is 0 Å². The Morgan fingerprint density at radius 1 is 1.38 bits per heavy atom. The first-order chi connectivity index (χ1) is 6.20. The van der Waals surface area contributed by atoms with Crippen molar-refractivity contribution in [3.63, 3.8) is 0 Å². The summed E-state index contributed by atoms with van der Waals surface area (Å²) in [5.41, 5.74) is 2.17. The van der Waals surface area contributed by atoms with Gasteiger partial charge in [-0.05, 0) is 30.1 Å². The normalized spacial score (nSPS) is 15.8. The van der Waals surface area contributed by atoms with E-state index in [2.05, 4.69) is 25.3 Å². The van der Waals surface area contributed by atoms with Crippen LogP contribution in [0.2, 0.25) is 0 Å². The quantitative estimate of drug-likeness (QED) is 0.513. The highest BCUT2D eigenvalue weighted by Crippen LogP contribution is 2.19. The van der Waals surface area contributed by atoms with Crippen LogP contribution in [0.5, 0.6) is 0 Å². The number of hydrogen-bond acceptors (Lipinski definition) is 1. The number of allylic oxidation sites excluding steroid dienone is 7. The van der Waals surface area contributed by atoms with Crippen molar-refractivity contribution in [1.82, 2.24) is 0 Å². The summed E-state index contributed by atoms with van der Waals surface area (Å²) in [5, 5.41) is 8.84. The van der Waals surface area contributed by atoms with Gasteiger partial charge in [-0.3, -0.25) is 0 Å². The zero-order chi connectivity index (χ0) is 9.68. The van der Waals surface area contributed by atoms with Gasteiger partial charge in [0, 0.05) is 0 Å². The van der Waals surface area contributed by atoms with Gasteiger partial charge in [0.25, 0.3) is 0 Å². The number of aliphatic hydroxyl groups excluding tert-OH is 1. The average molecular weight is 174 g/mol. The summed E-state index contributed by atoms with van der Waals surface area (Å²) in [6, 6.07) is 0. The Morgan fingerprint density at radius 3 is 2.69 bits per heavy atom. The summed E-state index contributed by atoms with van der Waals surface area (Å²) in [7, 11) is 0. The molecule has 0 aromatic carbocycles. The molecule has 13 heavy (non-hydrogen) atoms. The Balaban J connectivity index is 2.62. The van der Waals surface area contributed by atoms with Crippen molar-refractivity contribution < 1.29 is 5.11 Å². The Kier molecular flexibility index (Phi) is 3.32. The average Bonchev–Trinajstić information content (AvgIpc) is 2.15. The molecule has 0 heterocycles. The highest BCUT2D eigenvalue weighted by Gasteiger charge is 2.00. The third-order valence-corrected chi connectivity index (χ3v) is 1.90. The Hall–Kier alpha value is -1.50. The van der Waals surface area contributed by atoms with Crippen molar-refractivity contribution in [2.24, 2.45) is 0 Å². The van der Waals surface area contributed by atoms with Gasteiger partial charge in [-0.2, -0.15) is 0 Å². The van der Waals surface area contributed by atoms with Crippen LogP contribution >= 0.6 is 0 Å². The number of aliphatic hydroxyl groups is 1. The lowest BCUT2D eigenvalue weighted by Gasteiger charge is -2.08. The minimum atomic E-state index is 0.0631. The van der Waals surface area contributed by atoms with E-state index in [1.54, 1.807) is 12.2 Å². The Labute approximate surface area is 79.1 Å². The largest absolute Gasteiger partial charge is 0.509 e. The fourth-order valence-corrected chi connectivity index (χ4v) is 1.17. The van der Waals surface area contributed by atoms with Gasteiger partial charge < -0.3 is 5.11 Å². The predicted octanol–water partition coefficient (Wildman–Crippen LogP) is 3.45. The molecule has 0 saturated carbocycles. The van der Waals surface area contributed by atoms with Crippen molar-refractivity contribution in [3.8, 4) is 0 Å². The van der Waals surface area contributed by atoms with Gasteiger partial charge in [-0.1, -0.05) is 37.5 Å². The van der Waals surface area contributed by atoms with Crippen molar-refractivity contribution in [2.45, 2.75) is 12.8 Å². The summed E-state index contributed by atoms with van der Waals surface area (Å²) < 4.78 is 0. The van der Waals surface area contributed by atoms with Crippen LogP contribution in [0.1, 0.15) is 12.8 Å². The van der Waals surface area contributed by atoms with Gasteiger partial charge in [-0.15, -0.1) is 0 Å². The standard InChI is InChI=1S/C12H14O/c1-10(8-9-11(2)13)12-6-4-3-5-7-12/h3-4,6,8-9,13H,1-2,5,7H2/b9-8-. The third kappa shape index (κ3) is 3.16. The fourth-order valence-electron chi connectivity index (χ4n) is 1.17. The lowest BCUT2D eigenvalue weighted by molar-refractivity contribution is 0.435. The molecule has 0 radical (unpaired) electrons. The van der Waals surface area contributed by atoms with E-state index in [1.807, 2.05) is 6.08 Å². The van der Waals surface area contributed by atoms with Crippen LogP contribution in [0.3, 0.4) is 0 Å². The van der Waals surface area contributed by atoms with E-state index in [4.69, 9.17) is 5.11 Å². The summed E-state index contributed by atoms with van der Waals surface area (Å²) >= 11 is 0. The van der Waals surface area contributed by atoms with Gasteiger partial charge in [0.15, 0.2) is 0 Å². The van der Waals surface area contributed by atoms with Gasteiger partial charge in [0.1, 0.15) is 5.76 Å². The molecule has 0 aromatic heterocycles. The molecule has 0 atom stereocenters. The zero-order valence-electron chi connectivity index (χ0n) is 7.66. The molecular weight excluding hydrogens is 160 g/mol. The highest BCUT2D eigenvalue weighted by molar-refractivity contribution is 5.42. The van der Waals surface area contributed by atoms with E-state index >= 15 is 0 Å². The molecule has 1 aliphatic rings. The second-order valence-electron chi connectivity index (χ2n) is 3.01. The van der Waals surface area contributed by atoms with Gasteiger partial charge in [-0.25, -0.2) is 0 Å². The van der Waals surface area contributed by atoms with Crippen LogP contribution < -0.4 is 0 Å². The maximum Gasteiger partial charge on any atom is 0.108 e. The van der Waals surface area contributed by atoms with E-state index in [-0.39, 0.29) is 5.76 Å². The molecule has 0 spiro atoms. The fraction of sp³-hybridized carbons (Fsp3) is 0.167. The molecule has 1 heteroatoms. The van der Waals surface area contributed by atoms with Crippen LogP contribution in [0.15, 0.2) is 60.4 Å². The first-order valence-corrected chi connectivity index (χ1v) is 4.31. The van der Waals surface area contributed by atoms with E-state index < -0.39 is 0 Å². The van der Waals surface area contributed by atoms with Crippen molar-refractivity contribution in [1.29, 1.82) is 0 Å². The molecule has 0 aromatic rings. The summed E-state index contributed by atoms with van der Waals surface area (Å²) in [5.74, 6) is 0.0631. The van der Waals surface area contributed by atoms with Crippen molar-refractivity contribution in [3.05, 3.63) is 60.4 Å². The van der Waals surface area contributed by atoms with E-state index in [0.717, 1.165) is 18.4 Å². The Morgan fingerprint density at radius 2 is 2.15 bits per heavy atom. The monoisotopic (exact) mass is 174 g/mol. The van der Waals surface area contributed by atoms with Crippen LogP contribution in [0, 0.1) is 0 Å². The summed E-state index contributed by atoms with van der Waals surface area (Å²) in [6.45, 7) is 7.28. The maximum atomic E-state index is 8.84. The molecule has 1 nitrogen and oxygen atoms in total. The highest BCUT2D eigenvalue weighted by atomic mass is 16.3. The second-order valence-corrected chi connectivity index (χ2v) is 3.01. The molecule has 1 rings (SSSR count). The number of rotatable bonds is 3. The minimum Gasteiger partial charge on any atom is -0.509 e. The first kappa shape index (κ1) is 9.59. The van der Waals surface area contributed by atoms with Gasteiger partial charge >= 0.3 is 0 Å². The lowest BCUT2D eigenvalue weighted by Crippen LogP contribution is -1.88. The molecule has 0 amide bonds. The number of hydrogen-bond donors (Lipinski definition) is 1. The smallest absolute Gasteiger partial charge is 0.108 e.